The molecular formula is C42H50N6O4. The van der Waals surface area contributed by atoms with Crippen LogP contribution in [0.25, 0.3) is 44.5 Å². The van der Waals surface area contributed by atoms with Crippen molar-refractivity contribution in [2.24, 2.45) is 11.8 Å². The Bertz CT molecular complexity index is 2070. The van der Waals surface area contributed by atoms with Crippen LogP contribution in [0.1, 0.15) is 92.0 Å². The molecule has 10 heteroatoms. The van der Waals surface area contributed by atoms with Crippen molar-refractivity contribution in [3.8, 4) is 33.5 Å². The number of hydrogen-bond acceptors (Lipinski definition) is 6. The van der Waals surface area contributed by atoms with Gasteiger partial charge in [0.05, 0.1) is 35.0 Å². The summed E-state index contributed by atoms with van der Waals surface area (Å²) in [7, 11) is 0. The van der Waals surface area contributed by atoms with Crippen molar-refractivity contribution in [1.29, 1.82) is 0 Å². The SMILES string of the molecule is C[C@H]1CC(c2ncc(-c3ccc(-c4ccc(-c5ccc6nc([C@@H]7C[C@H](C)CN7C(=O)OC(C)(C)C)[nH]c6c5)cc4)cc3)[nH]2)N(C(=O)OC(C)(C)C)C1. The lowest BCUT2D eigenvalue weighted by Gasteiger charge is -2.27. The van der Waals surface area contributed by atoms with Gasteiger partial charge < -0.3 is 19.4 Å². The van der Waals surface area contributed by atoms with Crippen LogP contribution in [0.5, 0.6) is 0 Å². The molecule has 0 aliphatic carbocycles. The summed E-state index contributed by atoms with van der Waals surface area (Å²) < 4.78 is 11.4. The van der Waals surface area contributed by atoms with E-state index in [4.69, 9.17) is 19.4 Å². The fraction of sp³-hybridized carbons (Fsp3) is 0.429. The minimum Gasteiger partial charge on any atom is -0.444 e. The summed E-state index contributed by atoms with van der Waals surface area (Å²) >= 11 is 0. The molecule has 2 saturated heterocycles. The second-order valence-corrected chi connectivity index (χ2v) is 16.7. The Morgan fingerprint density at radius 3 is 1.63 bits per heavy atom. The molecule has 5 aromatic rings. The molecule has 0 bridgehead atoms. The Kier molecular flexibility index (Phi) is 9.13. The number of H-pyrrole nitrogens is 2. The van der Waals surface area contributed by atoms with E-state index in [0.717, 1.165) is 69.0 Å². The molecule has 272 valence electrons. The summed E-state index contributed by atoms with van der Waals surface area (Å²) in [6, 6.07) is 23.0. The molecule has 0 radical (unpaired) electrons. The number of nitrogens with one attached hydrogen (secondary N) is 2. The first-order chi connectivity index (χ1) is 24.6. The van der Waals surface area contributed by atoms with Crippen LogP contribution >= 0.6 is 0 Å². The Labute approximate surface area is 305 Å². The van der Waals surface area contributed by atoms with E-state index >= 15 is 0 Å². The van der Waals surface area contributed by atoms with Crippen LogP contribution in [0.15, 0.2) is 72.9 Å². The lowest BCUT2D eigenvalue weighted by Crippen LogP contribution is -2.37. The van der Waals surface area contributed by atoms with Crippen molar-refractivity contribution in [1.82, 2.24) is 29.7 Å². The summed E-state index contributed by atoms with van der Waals surface area (Å²) in [4.78, 5) is 46.2. The van der Waals surface area contributed by atoms with Crippen molar-refractivity contribution < 1.29 is 19.1 Å². The summed E-state index contributed by atoms with van der Waals surface area (Å²) in [5, 5.41) is 0. The summed E-state index contributed by atoms with van der Waals surface area (Å²) in [5.74, 6) is 2.30. The smallest absolute Gasteiger partial charge is 0.410 e. The molecule has 2 aromatic heterocycles. The molecule has 2 fully saturated rings. The molecule has 10 nitrogen and oxygen atoms in total. The van der Waals surface area contributed by atoms with Crippen LogP contribution < -0.4 is 0 Å². The molecule has 7 rings (SSSR count). The third kappa shape index (κ3) is 7.56. The summed E-state index contributed by atoms with van der Waals surface area (Å²) in [5.41, 5.74) is 7.09. The first-order valence-corrected chi connectivity index (χ1v) is 18.4. The van der Waals surface area contributed by atoms with Crippen molar-refractivity contribution in [2.75, 3.05) is 13.1 Å². The van der Waals surface area contributed by atoms with Gasteiger partial charge in [0, 0.05) is 13.1 Å². The van der Waals surface area contributed by atoms with Gasteiger partial charge in [-0.1, -0.05) is 68.4 Å². The van der Waals surface area contributed by atoms with Crippen LogP contribution in [-0.4, -0.2) is 66.2 Å². The first-order valence-electron chi connectivity index (χ1n) is 18.4. The van der Waals surface area contributed by atoms with Gasteiger partial charge in [-0.15, -0.1) is 0 Å². The maximum absolute atomic E-state index is 13.0. The van der Waals surface area contributed by atoms with E-state index in [0.29, 0.717) is 24.9 Å². The molecule has 2 aliphatic rings. The maximum Gasteiger partial charge on any atom is 0.410 e. The van der Waals surface area contributed by atoms with E-state index in [1.807, 2.05) is 58.7 Å². The lowest BCUT2D eigenvalue weighted by atomic mass is 9.99. The molecule has 3 aromatic carbocycles. The highest BCUT2D eigenvalue weighted by Gasteiger charge is 2.39. The highest BCUT2D eigenvalue weighted by Crippen LogP contribution is 2.38. The molecule has 1 unspecified atom stereocenters. The van der Waals surface area contributed by atoms with Gasteiger partial charge in [0.1, 0.15) is 22.9 Å². The number of aromatic nitrogens is 4. The first kappa shape index (κ1) is 35.3. The number of hydrogen-bond donors (Lipinski definition) is 2. The standard InChI is InChI=1S/C42H50N6O4/c1-25-19-35(47(23-25)39(49)51-41(3,4)5)37-43-22-34(46-37)30-15-13-28(14-16-30)27-9-11-29(12-10-27)31-17-18-32-33(21-31)45-38(44-32)36-20-26(2)24-48(36)40(50)52-42(6,7)8/h9-18,21-22,25-26,35-36H,19-20,23-24H2,1-8H3,(H,43,46)(H,44,45)/t25-,26-,35?,36-/m0/s1. The van der Waals surface area contributed by atoms with Crippen LogP contribution in [0, 0.1) is 11.8 Å². The van der Waals surface area contributed by atoms with Crippen molar-refractivity contribution >= 4 is 23.2 Å². The largest absolute Gasteiger partial charge is 0.444 e. The Morgan fingerprint density at radius 1 is 0.654 bits per heavy atom. The number of nitrogens with zero attached hydrogens (tertiary/aromatic N) is 4. The number of carbonyl (C=O) groups is 2. The fourth-order valence-corrected chi connectivity index (χ4v) is 7.37. The average Bonchev–Trinajstić information content (AvgIpc) is 3.88. The summed E-state index contributed by atoms with van der Waals surface area (Å²) in [6.07, 6.45) is 2.93. The van der Waals surface area contributed by atoms with Gasteiger partial charge in [0.25, 0.3) is 0 Å². The van der Waals surface area contributed by atoms with Crippen LogP contribution in [0.3, 0.4) is 0 Å². The minimum atomic E-state index is -0.552. The van der Waals surface area contributed by atoms with Crippen LogP contribution in [0.4, 0.5) is 9.59 Å². The molecule has 4 atom stereocenters. The van der Waals surface area contributed by atoms with Gasteiger partial charge >= 0.3 is 12.2 Å². The zero-order valence-electron chi connectivity index (χ0n) is 31.5. The molecular weight excluding hydrogens is 653 g/mol. The summed E-state index contributed by atoms with van der Waals surface area (Å²) in [6.45, 7) is 17.0. The van der Waals surface area contributed by atoms with E-state index in [1.54, 1.807) is 4.90 Å². The van der Waals surface area contributed by atoms with Crippen molar-refractivity contribution in [3.63, 3.8) is 0 Å². The maximum atomic E-state index is 13.0. The van der Waals surface area contributed by atoms with E-state index in [9.17, 15) is 9.59 Å². The number of fused-ring (bicyclic) bond motifs is 1. The van der Waals surface area contributed by atoms with Gasteiger partial charge in [0.2, 0.25) is 0 Å². The third-order valence-corrected chi connectivity index (χ3v) is 9.75. The second-order valence-electron chi connectivity index (χ2n) is 16.7. The zero-order chi connectivity index (χ0) is 36.9. The van der Waals surface area contributed by atoms with Gasteiger partial charge in [-0.3, -0.25) is 9.80 Å². The molecule has 2 aliphatic heterocycles. The molecule has 52 heavy (non-hydrogen) atoms. The van der Waals surface area contributed by atoms with Gasteiger partial charge in [-0.05, 0) is 106 Å². The number of amides is 2. The number of likely N-dealkylation sites (tertiary alicyclic amines) is 2. The average molecular weight is 703 g/mol. The highest BCUT2D eigenvalue weighted by atomic mass is 16.6. The monoisotopic (exact) mass is 702 g/mol. The third-order valence-electron chi connectivity index (χ3n) is 9.75. The number of imidazole rings is 2. The number of rotatable bonds is 5. The Morgan fingerprint density at radius 2 is 1.12 bits per heavy atom. The number of benzene rings is 3. The quantitative estimate of drug-likeness (QED) is 0.188. The van der Waals surface area contributed by atoms with Gasteiger partial charge in [-0.25, -0.2) is 19.6 Å². The van der Waals surface area contributed by atoms with Crippen molar-refractivity contribution in [2.45, 2.75) is 91.5 Å². The van der Waals surface area contributed by atoms with Gasteiger partial charge in [0.15, 0.2) is 0 Å². The number of ether oxygens (including phenoxy) is 2. The van der Waals surface area contributed by atoms with E-state index in [1.165, 1.54) is 0 Å². The minimum absolute atomic E-state index is 0.141. The fourth-order valence-electron chi connectivity index (χ4n) is 7.37. The normalized spacial score (nSPS) is 20.8. The molecule has 0 spiro atoms. The highest BCUT2D eigenvalue weighted by molar-refractivity contribution is 5.83. The van der Waals surface area contributed by atoms with Crippen LogP contribution in [-0.2, 0) is 9.47 Å². The number of aromatic amines is 2. The molecule has 4 heterocycles. The van der Waals surface area contributed by atoms with Crippen LogP contribution in [0.2, 0.25) is 0 Å². The van der Waals surface area contributed by atoms with Gasteiger partial charge in [-0.2, -0.15) is 0 Å². The molecule has 0 saturated carbocycles. The van der Waals surface area contributed by atoms with E-state index in [2.05, 4.69) is 84.5 Å². The predicted molar refractivity (Wildman–Crippen MR) is 203 cm³/mol. The van der Waals surface area contributed by atoms with Crippen molar-refractivity contribution in [3.05, 3.63) is 84.6 Å². The topological polar surface area (TPSA) is 116 Å². The molecule has 2 N–H and O–H groups in total. The van der Waals surface area contributed by atoms with E-state index < -0.39 is 11.2 Å². The molecule has 2 amide bonds. The van der Waals surface area contributed by atoms with E-state index in [-0.39, 0.29) is 24.3 Å². The predicted octanol–water partition coefficient (Wildman–Crippen LogP) is 9.92. The Balaban J connectivity index is 1.04. The second kappa shape index (κ2) is 13.5. The number of carbonyl (C=O) groups excluding carboxylic acids is 2. The Hall–Kier alpha value is -5.12. The zero-order valence-corrected chi connectivity index (χ0v) is 31.5. The lowest BCUT2D eigenvalue weighted by molar-refractivity contribution is 0.0204.